The number of benzene rings is 2. The second-order valence-electron chi connectivity index (χ2n) is 5.97. The third kappa shape index (κ3) is 5.63. The zero-order valence-electron chi connectivity index (χ0n) is 14.7. The summed E-state index contributed by atoms with van der Waals surface area (Å²) in [6.07, 6.45) is -3.95. The quantitative estimate of drug-likeness (QED) is 0.305. The molecule has 0 bridgehead atoms. The van der Waals surface area contributed by atoms with Crippen LogP contribution in [0.1, 0.15) is 23.7 Å². The molecule has 2 aromatic rings. The van der Waals surface area contributed by atoms with E-state index in [-0.39, 0.29) is 25.1 Å². The number of nitrogen functional groups attached to an aromatic ring is 1. The summed E-state index contributed by atoms with van der Waals surface area (Å²) in [7, 11) is 0. The average Bonchev–Trinajstić information content (AvgIpc) is 2.67. The SMILES string of the molecule is Nc1c(C(O)C(O)CCNC(=O)OCc2ccccc2)cc(F)cc1[N+](=O)[O-]. The van der Waals surface area contributed by atoms with E-state index < -0.39 is 40.4 Å². The number of aliphatic hydroxyl groups is 2. The van der Waals surface area contributed by atoms with E-state index in [0.717, 1.165) is 11.6 Å². The number of anilines is 1. The fourth-order valence-electron chi connectivity index (χ4n) is 2.48. The summed E-state index contributed by atoms with van der Waals surface area (Å²) in [5, 5.41) is 33.5. The minimum Gasteiger partial charge on any atom is -0.445 e. The Kier molecular flexibility index (Phi) is 7.24. The number of nitrogens with zero attached hydrogens (tertiary/aromatic N) is 1. The lowest BCUT2D eigenvalue weighted by Gasteiger charge is -2.19. The number of nitro benzene ring substituents is 1. The zero-order chi connectivity index (χ0) is 20.7. The van der Waals surface area contributed by atoms with Crippen molar-refractivity contribution in [1.82, 2.24) is 5.32 Å². The topological polar surface area (TPSA) is 148 Å². The molecule has 2 rings (SSSR count). The number of ether oxygens (including phenoxy) is 1. The van der Waals surface area contributed by atoms with Gasteiger partial charge in [-0.1, -0.05) is 30.3 Å². The minimum atomic E-state index is -1.67. The molecule has 9 nitrogen and oxygen atoms in total. The van der Waals surface area contributed by atoms with E-state index >= 15 is 0 Å². The van der Waals surface area contributed by atoms with Gasteiger partial charge in [-0.15, -0.1) is 0 Å². The first-order valence-corrected chi connectivity index (χ1v) is 8.33. The highest BCUT2D eigenvalue weighted by molar-refractivity contribution is 5.67. The molecule has 0 fully saturated rings. The molecule has 0 aliphatic heterocycles. The van der Waals surface area contributed by atoms with E-state index in [1.54, 1.807) is 24.3 Å². The van der Waals surface area contributed by atoms with Gasteiger partial charge in [-0.3, -0.25) is 10.1 Å². The normalized spacial score (nSPS) is 12.8. The van der Waals surface area contributed by atoms with Crippen molar-refractivity contribution >= 4 is 17.5 Å². The lowest BCUT2D eigenvalue weighted by Crippen LogP contribution is -2.30. The lowest BCUT2D eigenvalue weighted by molar-refractivity contribution is -0.384. The van der Waals surface area contributed by atoms with E-state index in [4.69, 9.17) is 10.5 Å². The molecule has 2 aromatic carbocycles. The molecule has 2 unspecified atom stereocenters. The lowest BCUT2D eigenvalue weighted by atomic mass is 9.99. The van der Waals surface area contributed by atoms with Crippen LogP contribution in [0.2, 0.25) is 0 Å². The van der Waals surface area contributed by atoms with Gasteiger partial charge in [0.05, 0.1) is 17.1 Å². The van der Waals surface area contributed by atoms with E-state index in [9.17, 15) is 29.5 Å². The van der Waals surface area contributed by atoms with Gasteiger partial charge in [-0.2, -0.15) is 0 Å². The molecule has 0 aliphatic rings. The smallest absolute Gasteiger partial charge is 0.407 e. The van der Waals surface area contributed by atoms with Crippen molar-refractivity contribution in [2.75, 3.05) is 12.3 Å². The van der Waals surface area contributed by atoms with Crippen LogP contribution in [0.15, 0.2) is 42.5 Å². The number of hydrogen-bond acceptors (Lipinski definition) is 7. The van der Waals surface area contributed by atoms with Crippen molar-refractivity contribution in [2.24, 2.45) is 0 Å². The molecule has 1 amide bonds. The predicted molar refractivity (Wildman–Crippen MR) is 97.7 cm³/mol. The van der Waals surface area contributed by atoms with E-state index in [1.165, 1.54) is 0 Å². The summed E-state index contributed by atoms with van der Waals surface area (Å²) in [4.78, 5) is 21.6. The Morgan fingerprint density at radius 2 is 1.96 bits per heavy atom. The van der Waals surface area contributed by atoms with Gasteiger partial charge in [-0.25, -0.2) is 9.18 Å². The number of hydrogen-bond donors (Lipinski definition) is 4. The number of carbonyl (C=O) groups is 1. The van der Waals surface area contributed by atoms with E-state index in [1.807, 2.05) is 6.07 Å². The largest absolute Gasteiger partial charge is 0.445 e. The molecule has 10 heteroatoms. The number of carbonyl (C=O) groups excluding carboxylic acids is 1. The maximum absolute atomic E-state index is 13.5. The Morgan fingerprint density at radius 3 is 2.61 bits per heavy atom. The van der Waals surface area contributed by atoms with Gasteiger partial charge in [-0.05, 0) is 18.1 Å². The fraction of sp³-hybridized carbons (Fsp3) is 0.278. The number of aliphatic hydroxyl groups excluding tert-OH is 2. The van der Waals surface area contributed by atoms with Crippen LogP contribution < -0.4 is 11.1 Å². The van der Waals surface area contributed by atoms with Crippen molar-refractivity contribution < 1.29 is 29.1 Å². The van der Waals surface area contributed by atoms with E-state index in [0.29, 0.717) is 6.07 Å². The van der Waals surface area contributed by atoms with Gasteiger partial charge in [0.15, 0.2) is 0 Å². The first kappa shape index (κ1) is 21.1. The molecule has 0 heterocycles. The van der Waals surface area contributed by atoms with Crippen molar-refractivity contribution in [2.45, 2.75) is 25.2 Å². The van der Waals surface area contributed by atoms with Crippen LogP contribution in [0.3, 0.4) is 0 Å². The van der Waals surface area contributed by atoms with Gasteiger partial charge in [0.25, 0.3) is 5.69 Å². The molecule has 0 saturated heterocycles. The molecule has 2 atom stereocenters. The van der Waals surface area contributed by atoms with Crippen LogP contribution in [-0.4, -0.2) is 33.9 Å². The molecule has 0 aliphatic carbocycles. The second-order valence-corrected chi connectivity index (χ2v) is 5.97. The summed E-state index contributed by atoms with van der Waals surface area (Å²) >= 11 is 0. The summed E-state index contributed by atoms with van der Waals surface area (Å²) < 4.78 is 18.5. The third-order valence-corrected chi connectivity index (χ3v) is 3.96. The van der Waals surface area contributed by atoms with Gasteiger partial charge < -0.3 is 26.0 Å². The van der Waals surface area contributed by atoms with Crippen LogP contribution in [0.25, 0.3) is 0 Å². The van der Waals surface area contributed by atoms with Crippen molar-refractivity contribution in [3.8, 4) is 0 Å². The predicted octanol–water partition coefficient (Wildman–Crippen LogP) is 2.03. The van der Waals surface area contributed by atoms with Gasteiger partial charge in [0.1, 0.15) is 24.2 Å². The first-order chi connectivity index (χ1) is 13.3. The molecule has 0 radical (unpaired) electrons. The maximum atomic E-state index is 13.5. The molecule has 150 valence electrons. The number of nitrogens with one attached hydrogen (secondary N) is 1. The van der Waals surface area contributed by atoms with Crippen molar-refractivity contribution in [3.63, 3.8) is 0 Å². The van der Waals surface area contributed by atoms with Crippen LogP contribution in [0, 0.1) is 15.9 Å². The Balaban J connectivity index is 1.86. The average molecular weight is 393 g/mol. The Morgan fingerprint density at radius 1 is 1.29 bits per heavy atom. The Labute approximate surface area is 159 Å². The van der Waals surface area contributed by atoms with Crippen LogP contribution >= 0.6 is 0 Å². The fourth-order valence-corrected chi connectivity index (χ4v) is 2.48. The molecular formula is C18H20FN3O6. The molecule has 0 spiro atoms. The van der Waals surface area contributed by atoms with Crippen molar-refractivity contribution in [1.29, 1.82) is 0 Å². The van der Waals surface area contributed by atoms with Gasteiger partial charge >= 0.3 is 6.09 Å². The summed E-state index contributed by atoms with van der Waals surface area (Å²) in [5.74, 6) is -0.968. The number of nitro groups is 1. The number of alkyl carbamates (subject to hydrolysis) is 1. The first-order valence-electron chi connectivity index (χ1n) is 8.33. The van der Waals surface area contributed by atoms with Gasteiger partial charge in [0.2, 0.25) is 0 Å². The number of nitrogens with two attached hydrogens (primary N) is 1. The van der Waals surface area contributed by atoms with Crippen LogP contribution in [-0.2, 0) is 11.3 Å². The van der Waals surface area contributed by atoms with Crippen LogP contribution in [0.5, 0.6) is 0 Å². The number of amides is 1. The Hall–Kier alpha value is -3.24. The molecule has 5 N–H and O–H groups in total. The van der Waals surface area contributed by atoms with E-state index in [2.05, 4.69) is 5.32 Å². The van der Waals surface area contributed by atoms with Crippen molar-refractivity contribution in [3.05, 3.63) is 69.5 Å². The molecular weight excluding hydrogens is 373 g/mol. The third-order valence-electron chi connectivity index (χ3n) is 3.96. The standard InChI is InChI=1S/C18H20FN3O6/c19-12-8-13(16(20)14(9-12)22(26)27)17(24)15(23)6-7-21-18(25)28-10-11-4-2-1-3-5-11/h1-5,8-9,15,17,23-24H,6-7,10,20H2,(H,21,25). The highest BCUT2D eigenvalue weighted by Gasteiger charge is 2.26. The van der Waals surface area contributed by atoms with Crippen LogP contribution in [0.4, 0.5) is 20.6 Å². The summed E-state index contributed by atoms with van der Waals surface area (Å²) in [6.45, 7) is 0.0184. The molecule has 28 heavy (non-hydrogen) atoms. The van der Waals surface area contributed by atoms with Gasteiger partial charge in [0, 0.05) is 12.1 Å². The molecule has 0 saturated carbocycles. The summed E-state index contributed by atoms with van der Waals surface area (Å²) in [5.41, 5.74) is 4.95. The Bertz CT molecular complexity index is 834. The second kappa shape index (κ2) is 9.62. The summed E-state index contributed by atoms with van der Waals surface area (Å²) in [6, 6.07) is 10.5. The minimum absolute atomic E-state index is 0.0524. The molecule has 0 aromatic heterocycles. The number of rotatable bonds is 8. The highest BCUT2D eigenvalue weighted by Crippen LogP contribution is 2.32. The highest BCUT2D eigenvalue weighted by atomic mass is 19.1. The maximum Gasteiger partial charge on any atom is 0.407 e. The number of halogens is 1. The monoisotopic (exact) mass is 393 g/mol. The zero-order valence-corrected chi connectivity index (χ0v) is 14.7.